The van der Waals surface area contributed by atoms with Crippen LogP contribution in [0, 0.1) is 0 Å². The van der Waals surface area contributed by atoms with Gasteiger partial charge in [0.25, 0.3) is 0 Å². The molecule has 1 aliphatic rings. The van der Waals surface area contributed by atoms with Gasteiger partial charge in [-0.2, -0.15) is 0 Å². The average molecular weight is 219 g/mol. The molecule has 1 unspecified atom stereocenters. The van der Waals surface area contributed by atoms with Gasteiger partial charge < -0.3 is 10.1 Å². The highest BCUT2D eigenvalue weighted by Gasteiger charge is 2.19. The Hall–Kier alpha value is -1.02. The Morgan fingerprint density at radius 1 is 1.31 bits per heavy atom. The predicted molar refractivity (Wildman–Crippen MR) is 66.7 cm³/mol. The maximum Gasteiger partial charge on any atom is 0.119 e. The zero-order valence-electron chi connectivity index (χ0n) is 10.2. The molecule has 0 spiro atoms. The first-order valence-electron chi connectivity index (χ1n) is 6.27. The van der Waals surface area contributed by atoms with Gasteiger partial charge in [0, 0.05) is 12.6 Å². The second-order valence-corrected chi connectivity index (χ2v) is 4.64. The molecule has 1 aliphatic carbocycles. The second kappa shape index (κ2) is 5.35. The lowest BCUT2D eigenvalue weighted by molar-refractivity contribution is 0.217. The van der Waals surface area contributed by atoms with Gasteiger partial charge in [-0.1, -0.05) is 19.1 Å². The summed E-state index contributed by atoms with van der Waals surface area (Å²) in [6.45, 7) is 5.22. The van der Waals surface area contributed by atoms with Gasteiger partial charge in [0.05, 0.1) is 6.10 Å². The van der Waals surface area contributed by atoms with Crippen LogP contribution in [0.1, 0.15) is 38.7 Å². The Bertz CT molecular complexity index is 316. The van der Waals surface area contributed by atoms with E-state index >= 15 is 0 Å². The molecular weight excluding hydrogens is 198 g/mol. The molecule has 0 heterocycles. The van der Waals surface area contributed by atoms with Crippen LogP contribution in [0.4, 0.5) is 0 Å². The highest BCUT2D eigenvalue weighted by molar-refractivity contribution is 5.27. The van der Waals surface area contributed by atoms with Crippen LogP contribution in [0.25, 0.3) is 0 Å². The molecule has 0 radical (unpaired) electrons. The summed E-state index contributed by atoms with van der Waals surface area (Å²) in [7, 11) is 0. The lowest BCUT2D eigenvalue weighted by Crippen LogP contribution is -2.15. The summed E-state index contributed by atoms with van der Waals surface area (Å²) in [5, 5.41) is 3.50. The number of ether oxygens (including phenoxy) is 1. The molecule has 0 aliphatic heterocycles. The molecule has 1 saturated carbocycles. The van der Waals surface area contributed by atoms with Gasteiger partial charge in [0.1, 0.15) is 5.75 Å². The molecule has 2 nitrogen and oxygen atoms in total. The smallest absolute Gasteiger partial charge is 0.119 e. The fourth-order valence-electron chi connectivity index (χ4n) is 1.55. The molecule has 1 atom stereocenters. The summed E-state index contributed by atoms with van der Waals surface area (Å²) in [5.74, 6) is 0.976. The largest absolute Gasteiger partial charge is 0.491 e. The Balaban J connectivity index is 1.82. The molecular formula is C14H21NO. The Kier molecular flexibility index (Phi) is 3.83. The van der Waals surface area contributed by atoms with Gasteiger partial charge in [-0.25, -0.2) is 0 Å². The molecule has 16 heavy (non-hydrogen) atoms. The molecule has 1 aromatic carbocycles. The third kappa shape index (κ3) is 3.53. The average Bonchev–Trinajstić information content (AvgIpc) is 3.12. The minimum atomic E-state index is 0.301. The van der Waals surface area contributed by atoms with Crippen molar-refractivity contribution in [2.75, 3.05) is 0 Å². The third-order valence-corrected chi connectivity index (χ3v) is 3.01. The van der Waals surface area contributed by atoms with E-state index < -0.39 is 0 Å². The van der Waals surface area contributed by atoms with E-state index in [1.165, 1.54) is 18.4 Å². The first-order chi connectivity index (χ1) is 7.78. The lowest BCUT2D eigenvalue weighted by atomic mass is 10.2. The first kappa shape index (κ1) is 11.5. The zero-order chi connectivity index (χ0) is 11.4. The van der Waals surface area contributed by atoms with Crippen LogP contribution in [-0.2, 0) is 6.54 Å². The van der Waals surface area contributed by atoms with Crippen LogP contribution in [0.2, 0.25) is 0 Å². The van der Waals surface area contributed by atoms with Gasteiger partial charge in [-0.15, -0.1) is 0 Å². The second-order valence-electron chi connectivity index (χ2n) is 4.64. The minimum Gasteiger partial charge on any atom is -0.491 e. The fraction of sp³-hybridized carbons (Fsp3) is 0.571. The summed E-state index contributed by atoms with van der Waals surface area (Å²) in [6.07, 6.45) is 4.03. The Morgan fingerprint density at radius 2 is 2.00 bits per heavy atom. The number of rotatable bonds is 6. The van der Waals surface area contributed by atoms with E-state index in [1.54, 1.807) is 0 Å². The Labute approximate surface area is 98.0 Å². The van der Waals surface area contributed by atoms with Crippen molar-refractivity contribution in [2.45, 2.75) is 51.8 Å². The number of hydrogen-bond acceptors (Lipinski definition) is 2. The standard InChI is InChI=1S/C14H21NO/c1-3-11(2)16-14-8-4-12(5-9-14)10-15-13-6-7-13/h4-5,8-9,11,13,15H,3,6-7,10H2,1-2H3. The van der Waals surface area contributed by atoms with Gasteiger partial charge in [0.15, 0.2) is 0 Å². The van der Waals surface area contributed by atoms with Crippen molar-refractivity contribution < 1.29 is 4.74 Å². The molecule has 0 bridgehead atoms. The molecule has 1 fully saturated rings. The van der Waals surface area contributed by atoms with Crippen LogP contribution in [0.5, 0.6) is 5.75 Å². The third-order valence-electron chi connectivity index (χ3n) is 3.01. The fourth-order valence-corrected chi connectivity index (χ4v) is 1.55. The molecule has 0 amide bonds. The van der Waals surface area contributed by atoms with E-state index in [-0.39, 0.29) is 0 Å². The maximum absolute atomic E-state index is 5.74. The molecule has 0 saturated heterocycles. The number of benzene rings is 1. The summed E-state index contributed by atoms with van der Waals surface area (Å²) >= 11 is 0. The van der Waals surface area contributed by atoms with Crippen LogP contribution in [-0.4, -0.2) is 12.1 Å². The van der Waals surface area contributed by atoms with Gasteiger partial charge in [0.2, 0.25) is 0 Å². The quantitative estimate of drug-likeness (QED) is 0.793. The summed E-state index contributed by atoms with van der Waals surface area (Å²) < 4.78 is 5.74. The molecule has 2 heteroatoms. The van der Waals surface area contributed by atoms with Crippen molar-refractivity contribution in [2.24, 2.45) is 0 Å². The van der Waals surface area contributed by atoms with Crippen LogP contribution in [0.15, 0.2) is 24.3 Å². The van der Waals surface area contributed by atoms with Gasteiger partial charge >= 0.3 is 0 Å². The molecule has 1 N–H and O–H groups in total. The topological polar surface area (TPSA) is 21.3 Å². The highest BCUT2D eigenvalue weighted by Crippen LogP contribution is 2.20. The van der Waals surface area contributed by atoms with Gasteiger partial charge in [-0.05, 0) is 43.9 Å². The van der Waals surface area contributed by atoms with E-state index in [1.807, 2.05) is 0 Å². The summed E-state index contributed by atoms with van der Waals surface area (Å²) in [6, 6.07) is 9.20. The van der Waals surface area contributed by atoms with E-state index in [0.29, 0.717) is 6.10 Å². The van der Waals surface area contributed by atoms with Crippen LogP contribution in [0.3, 0.4) is 0 Å². The highest BCUT2D eigenvalue weighted by atomic mass is 16.5. The molecule has 0 aromatic heterocycles. The summed E-state index contributed by atoms with van der Waals surface area (Å²) in [4.78, 5) is 0. The van der Waals surface area contributed by atoms with E-state index in [4.69, 9.17) is 4.74 Å². The SMILES string of the molecule is CCC(C)Oc1ccc(CNC2CC2)cc1. The monoisotopic (exact) mass is 219 g/mol. The van der Waals surface area contributed by atoms with Crippen molar-refractivity contribution in [3.63, 3.8) is 0 Å². The van der Waals surface area contributed by atoms with Crippen molar-refractivity contribution in [1.29, 1.82) is 0 Å². The molecule has 2 rings (SSSR count). The molecule has 88 valence electrons. The molecule has 1 aromatic rings. The van der Waals surface area contributed by atoms with Crippen LogP contribution >= 0.6 is 0 Å². The first-order valence-corrected chi connectivity index (χ1v) is 6.27. The van der Waals surface area contributed by atoms with E-state index in [0.717, 1.165) is 24.8 Å². The normalized spacial score (nSPS) is 17.1. The van der Waals surface area contributed by atoms with Gasteiger partial charge in [-0.3, -0.25) is 0 Å². The zero-order valence-corrected chi connectivity index (χ0v) is 10.2. The number of nitrogens with one attached hydrogen (secondary N) is 1. The van der Waals surface area contributed by atoms with Crippen molar-refractivity contribution in [1.82, 2.24) is 5.32 Å². The van der Waals surface area contributed by atoms with Crippen molar-refractivity contribution >= 4 is 0 Å². The Morgan fingerprint density at radius 3 is 2.56 bits per heavy atom. The predicted octanol–water partition coefficient (Wildman–Crippen LogP) is 3.12. The van der Waals surface area contributed by atoms with E-state index in [2.05, 4.69) is 43.4 Å². The van der Waals surface area contributed by atoms with Crippen molar-refractivity contribution in [3.05, 3.63) is 29.8 Å². The lowest BCUT2D eigenvalue weighted by Gasteiger charge is -2.12. The maximum atomic E-state index is 5.74. The van der Waals surface area contributed by atoms with Crippen molar-refractivity contribution in [3.8, 4) is 5.75 Å². The minimum absolute atomic E-state index is 0.301. The van der Waals surface area contributed by atoms with Crippen LogP contribution < -0.4 is 10.1 Å². The number of hydrogen-bond donors (Lipinski definition) is 1. The summed E-state index contributed by atoms with van der Waals surface area (Å²) in [5.41, 5.74) is 1.34. The van der Waals surface area contributed by atoms with E-state index in [9.17, 15) is 0 Å².